The van der Waals surface area contributed by atoms with Gasteiger partial charge in [-0.1, -0.05) is 83.2 Å². The van der Waals surface area contributed by atoms with E-state index in [1.165, 1.54) is 0 Å². The van der Waals surface area contributed by atoms with Crippen LogP contribution in [-0.2, 0) is 0 Å². The maximum atomic E-state index is 2.58. The van der Waals surface area contributed by atoms with Gasteiger partial charge in [0.15, 0.2) is 0 Å². The molecule has 4 fully saturated rings. The highest BCUT2D eigenvalue weighted by atomic mass is 31.1. The van der Waals surface area contributed by atoms with Gasteiger partial charge in [0, 0.05) is 0 Å². The van der Waals surface area contributed by atoms with Crippen molar-refractivity contribution in [2.24, 2.45) is 17.8 Å². The second-order valence-electron chi connectivity index (χ2n) is 10.5. The molecule has 4 rings (SSSR count). The van der Waals surface area contributed by atoms with E-state index >= 15 is 0 Å². The Morgan fingerprint density at radius 3 is 2.24 bits per heavy atom. The minimum absolute atomic E-state index is 0.370. The predicted octanol–water partition coefficient (Wildman–Crippen LogP) is 7.70. The minimum atomic E-state index is 0.370. The van der Waals surface area contributed by atoms with Crippen LogP contribution in [0.15, 0.2) is 0 Å². The van der Waals surface area contributed by atoms with Crippen LogP contribution in [0.2, 0.25) is 18.0 Å². The Balaban J connectivity index is 1.18. The Hall–Kier alpha value is 0.495. The first-order chi connectivity index (χ1) is 12.2. The monoisotopic (exact) mass is 360 g/mol. The lowest BCUT2D eigenvalue weighted by molar-refractivity contribution is 0.226. The Labute approximate surface area is 159 Å². The Kier molecular flexibility index (Phi) is 6.53. The summed E-state index contributed by atoms with van der Waals surface area (Å²) in [5.41, 5.74) is 1.16. The van der Waals surface area contributed by atoms with Gasteiger partial charge in [-0.15, -0.1) is 7.92 Å². The van der Waals surface area contributed by atoms with Crippen LogP contribution in [0.3, 0.4) is 0 Å². The van der Waals surface area contributed by atoms with E-state index in [9.17, 15) is 0 Å². The van der Waals surface area contributed by atoms with E-state index in [0.29, 0.717) is 7.92 Å². The van der Waals surface area contributed by atoms with Crippen LogP contribution in [0.1, 0.15) is 90.9 Å². The summed E-state index contributed by atoms with van der Waals surface area (Å²) in [5.74, 6) is 5.48. The first-order valence-corrected chi connectivity index (χ1v) is 13.7. The van der Waals surface area contributed by atoms with Crippen LogP contribution >= 0.6 is 7.92 Å². The van der Waals surface area contributed by atoms with E-state index in [1.807, 2.05) is 0 Å². The van der Waals surface area contributed by atoms with Crippen molar-refractivity contribution < 1.29 is 0 Å². The zero-order chi connectivity index (χ0) is 17.2. The average molecular weight is 360 g/mol. The van der Waals surface area contributed by atoms with Crippen LogP contribution in [0.25, 0.3) is 0 Å². The van der Waals surface area contributed by atoms with E-state index in [4.69, 9.17) is 0 Å². The molecule has 0 aromatic heterocycles. The molecule has 3 aliphatic heterocycles. The summed E-state index contributed by atoms with van der Waals surface area (Å²) in [4.78, 5) is 0. The van der Waals surface area contributed by atoms with E-state index in [-0.39, 0.29) is 0 Å². The van der Waals surface area contributed by atoms with Crippen molar-refractivity contribution in [1.82, 2.24) is 0 Å². The Bertz CT molecular complexity index is 402. The lowest BCUT2D eigenvalue weighted by Gasteiger charge is -2.47. The zero-order valence-electron chi connectivity index (χ0n) is 17.1. The van der Waals surface area contributed by atoms with E-state index in [2.05, 4.69) is 13.8 Å². The highest BCUT2D eigenvalue weighted by Gasteiger charge is 2.40. The zero-order valence-corrected chi connectivity index (χ0v) is 18.0. The van der Waals surface area contributed by atoms with Gasteiger partial charge >= 0.3 is 0 Å². The summed E-state index contributed by atoms with van der Waals surface area (Å²) in [7, 11) is 0.370. The fourth-order valence-corrected chi connectivity index (χ4v) is 11.3. The highest BCUT2D eigenvalue weighted by molar-refractivity contribution is 7.58. The van der Waals surface area contributed by atoms with Crippen molar-refractivity contribution in [3.05, 3.63) is 0 Å². The third-order valence-electron chi connectivity index (χ3n) is 8.98. The van der Waals surface area contributed by atoms with Crippen molar-refractivity contribution in [3.8, 4) is 0 Å². The number of hydrogen-bond acceptors (Lipinski definition) is 0. The molecule has 4 aliphatic rings. The van der Waals surface area contributed by atoms with Gasteiger partial charge in [0.1, 0.15) is 6.71 Å². The minimum Gasteiger partial charge on any atom is -0.103 e. The second-order valence-corrected chi connectivity index (χ2v) is 13.1. The Morgan fingerprint density at radius 1 is 0.800 bits per heavy atom. The molecule has 3 heterocycles. The summed E-state index contributed by atoms with van der Waals surface area (Å²) in [6, 6.07) is 0. The molecular formula is C23H42BP. The van der Waals surface area contributed by atoms with E-state index in [0.717, 1.165) is 41.8 Å². The van der Waals surface area contributed by atoms with Crippen LogP contribution in [0.5, 0.6) is 0 Å². The second kappa shape index (κ2) is 8.67. The Morgan fingerprint density at radius 2 is 1.52 bits per heavy atom. The molecule has 4 bridgehead atoms. The van der Waals surface area contributed by atoms with Gasteiger partial charge in [-0.3, -0.25) is 0 Å². The van der Waals surface area contributed by atoms with Crippen LogP contribution < -0.4 is 0 Å². The van der Waals surface area contributed by atoms with Crippen LogP contribution in [-0.4, -0.2) is 24.7 Å². The van der Waals surface area contributed by atoms with Gasteiger partial charge in [-0.25, -0.2) is 0 Å². The van der Waals surface area contributed by atoms with Crippen molar-refractivity contribution in [1.29, 1.82) is 0 Å². The first-order valence-electron chi connectivity index (χ1n) is 12.0. The molecule has 0 nitrogen and oxygen atoms in total. The largest absolute Gasteiger partial charge is 0.146 e. The lowest BCUT2D eigenvalue weighted by atomic mass is 9.26. The number of fused-ring (bicyclic) bond motifs is 4. The SMILES string of the molecule is C[C@@H]1CP(CCCCCB2C3CCCC2CCC3)C2CC1CC[C@@H]2C. The fourth-order valence-electron chi connectivity index (χ4n) is 7.42. The van der Waals surface area contributed by atoms with Gasteiger partial charge < -0.3 is 0 Å². The van der Waals surface area contributed by atoms with E-state index in [1.54, 1.807) is 95.7 Å². The fraction of sp³-hybridized carbons (Fsp3) is 1.00. The average Bonchev–Trinajstić information content (AvgIpc) is 2.60. The maximum absolute atomic E-state index is 2.58. The third-order valence-corrected chi connectivity index (χ3v) is 12.6. The smallest absolute Gasteiger partial charge is 0.103 e. The van der Waals surface area contributed by atoms with Gasteiger partial charge in [0.05, 0.1) is 0 Å². The van der Waals surface area contributed by atoms with E-state index < -0.39 is 0 Å². The summed E-state index contributed by atoms with van der Waals surface area (Å²) in [6.07, 6.45) is 23.6. The summed E-state index contributed by atoms with van der Waals surface area (Å²) in [6.45, 7) is 6.30. The molecule has 0 amide bonds. The molecule has 2 heteroatoms. The molecule has 25 heavy (non-hydrogen) atoms. The number of rotatable bonds is 6. The standard InChI is InChI=1S/C23H42BP/c1-18-12-13-20-16-23(18)25(17-19(20)2)15-5-3-4-14-24-21-8-6-9-22(24)11-7-10-21/h18-23H,3-17H2,1-2H3/t18-,19+,20?,21?,22?,23?,25?/m0/s1. The third kappa shape index (κ3) is 4.33. The number of hydrogen-bond donors (Lipinski definition) is 0. The molecule has 3 unspecified atom stereocenters. The van der Waals surface area contributed by atoms with Gasteiger partial charge in [0.25, 0.3) is 0 Å². The van der Waals surface area contributed by atoms with Gasteiger partial charge in [-0.05, 0) is 61.4 Å². The number of unbranched alkanes of at least 4 members (excludes halogenated alkanes) is 2. The molecule has 0 aromatic rings. The predicted molar refractivity (Wildman–Crippen MR) is 116 cm³/mol. The molecule has 5 atom stereocenters. The molecule has 0 aromatic carbocycles. The van der Waals surface area contributed by atoms with Crippen molar-refractivity contribution >= 4 is 14.6 Å². The summed E-state index contributed by atoms with van der Waals surface area (Å²) in [5, 5.41) is 0. The normalized spacial score (nSPS) is 43.9. The maximum Gasteiger partial charge on any atom is 0.146 e. The van der Waals surface area contributed by atoms with Crippen molar-refractivity contribution in [2.45, 2.75) is 115 Å². The molecule has 3 saturated heterocycles. The quantitative estimate of drug-likeness (QED) is 0.259. The van der Waals surface area contributed by atoms with Gasteiger partial charge in [0.2, 0.25) is 0 Å². The van der Waals surface area contributed by atoms with Gasteiger partial charge in [-0.2, -0.15) is 0 Å². The molecule has 142 valence electrons. The van der Waals surface area contributed by atoms with Crippen molar-refractivity contribution in [3.63, 3.8) is 0 Å². The molecule has 0 spiro atoms. The molecule has 0 radical (unpaired) electrons. The van der Waals surface area contributed by atoms with Crippen LogP contribution in [0, 0.1) is 17.8 Å². The van der Waals surface area contributed by atoms with Crippen molar-refractivity contribution in [2.75, 3.05) is 12.3 Å². The molecule has 1 saturated carbocycles. The lowest BCUT2D eigenvalue weighted by Crippen LogP contribution is -2.37. The molecule has 0 N–H and O–H groups in total. The summed E-state index contributed by atoms with van der Waals surface area (Å²) >= 11 is 0. The molecular weight excluding hydrogens is 318 g/mol. The summed E-state index contributed by atoms with van der Waals surface area (Å²) < 4.78 is 0. The molecule has 1 aliphatic carbocycles. The highest BCUT2D eigenvalue weighted by Crippen LogP contribution is 2.58. The van der Waals surface area contributed by atoms with Crippen LogP contribution in [0.4, 0.5) is 0 Å². The topological polar surface area (TPSA) is 0 Å². The first kappa shape index (κ1) is 18.8.